The van der Waals surface area contributed by atoms with Crippen molar-refractivity contribution in [3.05, 3.63) is 42.5 Å². The highest BCUT2D eigenvalue weighted by atomic mass is 16.5. The summed E-state index contributed by atoms with van der Waals surface area (Å²) in [6, 6.07) is 14.7. The van der Waals surface area contributed by atoms with Crippen LogP contribution in [0.15, 0.2) is 42.5 Å². The van der Waals surface area contributed by atoms with Crippen molar-refractivity contribution in [3.8, 4) is 5.75 Å². The molecule has 3 rings (SSSR count). The number of likely N-dealkylation sites (tertiary alicyclic amines) is 1. The Morgan fingerprint density at radius 1 is 0.885 bits per heavy atom. The van der Waals surface area contributed by atoms with E-state index in [2.05, 4.69) is 47.4 Å². The Balaban J connectivity index is 0.000000352. The molecule has 0 saturated carbocycles. The molecule has 1 aliphatic heterocycles. The summed E-state index contributed by atoms with van der Waals surface area (Å²) in [6.07, 6.45) is 5.46. The molecule has 2 aromatic carbocycles. The minimum Gasteiger partial charge on any atom is -0.492 e. The van der Waals surface area contributed by atoms with E-state index in [1.807, 2.05) is 0 Å². The van der Waals surface area contributed by atoms with Crippen molar-refractivity contribution in [2.45, 2.75) is 25.7 Å². The van der Waals surface area contributed by atoms with Gasteiger partial charge in [0.05, 0.1) is 0 Å². The SMILES string of the molecule is O=C(O)C(=O)O.c1ccc2c(OCCN3CCCCCC3)cccc2c1. The number of benzene rings is 2. The molecule has 0 unspecified atom stereocenters. The standard InChI is InChI=1S/C18H23NO.C2H2O4/c1-2-6-13-19(12-5-1)14-15-20-18-11-7-9-16-8-3-4-10-17(16)18;3-1(4)2(5)6/h3-4,7-11H,1-2,5-6,12-15H2;(H,3,4)(H,5,6). The van der Waals surface area contributed by atoms with Gasteiger partial charge in [0.25, 0.3) is 0 Å². The molecule has 1 saturated heterocycles. The van der Waals surface area contributed by atoms with Crippen LogP contribution in [0.2, 0.25) is 0 Å². The molecule has 1 fully saturated rings. The van der Waals surface area contributed by atoms with Crippen LogP contribution in [0.1, 0.15) is 25.7 Å². The van der Waals surface area contributed by atoms with Crippen LogP contribution in [-0.4, -0.2) is 53.3 Å². The molecule has 0 bridgehead atoms. The van der Waals surface area contributed by atoms with E-state index in [4.69, 9.17) is 24.5 Å². The number of ether oxygens (including phenoxy) is 1. The Morgan fingerprint density at radius 3 is 2.15 bits per heavy atom. The number of nitrogens with zero attached hydrogens (tertiary/aromatic N) is 1. The van der Waals surface area contributed by atoms with Gasteiger partial charge in [-0.3, -0.25) is 4.90 Å². The van der Waals surface area contributed by atoms with E-state index in [1.54, 1.807) is 0 Å². The van der Waals surface area contributed by atoms with Gasteiger partial charge in [0.15, 0.2) is 0 Å². The Morgan fingerprint density at radius 2 is 1.50 bits per heavy atom. The minimum absolute atomic E-state index is 0.786. The smallest absolute Gasteiger partial charge is 0.414 e. The summed E-state index contributed by atoms with van der Waals surface area (Å²) in [7, 11) is 0. The number of hydrogen-bond acceptors (Lipinski definition) is 4. The highest BCUT2D eigenvalue weighted by Gasteiger charge is 2.09. The van der Waals surface area contributed by atoms with E-state index in [1.165, 1.54) is 49.5 Å². The lowest BCUT2D eigenvalue weighted by molar-refractivity contribution is -0.159. The highest BCUT2D eigenvalue weighted by molar-refractivity contribution is 6.27. The van der Waals surface area contributed by atoms with Gasteiger partial charge >= 0.3 is 11.9 Å². The number of aliphatic carboxylic acids is 2. The predicted molar refractivity (Wildman–Crippen MR) is 99.6 cm³/mol. The fourth-order valence-corrected chi connectivity index (χ4v) is 2.97. The Kier molecular flexibility index (Phi) is 7.89. The summed E-state index contributed by atoms with van der Waals surface area (Å²) in [6.45, 7) is 4.30. The van der Waals surface area contributed by atoms with Gasteiger partial charge in [-0.2, -0.15) is 0 Å². The van der Waals surface area contributed by atoms with E-state index in [-0.39, 0.29) is 0 Å². The molecule has 2 aromatic rings. The second-order valence-corrected chi connectivity index (χ2v) is 6.19. The number of carboxylic acid groups (broad SMARTS) is 2. The lowest BCUT2D eigenvalue weighted by Crippen LogP contribution is -2.29. The van der Waals surface area contributed by atoms with Crippen molar-refractivity contribution in [1.82, 2.24) is 4.90 Å². The Bertz CT molecular complexity index is 706. The first-order chi connectivity index (χ1) is 12.6. The molecule has 2 N–H and O–H groups in total. The van der Waals surface area contributed by atoms with Crippen LogP contribution in [0.4, 0.5) is 0 Å². The molecular formula is C20H25NO5. The van der Waals surface area contributed by atoms with E-state index in [0.717, 1.165) is 18.9 Å². The maximum Gasteiger partial charge on any atom is 0.414 e. The zero-order valence-electron chi connectivity index (χ0n) is 14.8. The second-order valence-electron chi connectivity index (χ2n) is 6.19. The third kappa shape index (κ3) is 6.37. The summed E-state index contributed by atoms with van der Waals surface area (Å²) in [5.74, 6) is -2.64. The number of hydrogen-bond donors (Lipinski definition) is 2. The summed E-state index contributed by atoms with van der Waals surface area (Å²) in [5, 5.41) is 17.2. The molecule has 6 heteroatoms. The first-order valence-electron chi connectivity index (χ1n) is 8.87. The number of fused-ring (bicyclic) bond motifs is 1. The first-order valence-corrected chi connectivity index (χ1v) is 8.87. The monoisotopic (exact) mass is 359 g/mol. The number of carbonyl (C=O) groups is 2. The molecule has 0 radical (unpaired) electrons. The molecular weight excluding hydrogens is 334 g/mol. The predicted octanol–water partition coefficient (Wildman–Crippen LogP) is 3.25. The van der Waals surface area contributed by atoms with E-state index >= 15 is 0 Å². The van der Waals surface area contributed by atoms with Crippen molar-refractivity contribution >= 4 is 22.7 Å². The van der Waals surface area contributed by atoms with Crippen molar-refractivity contribution in [3.63, 3.8) is 0 Å². The molecule has 1 heterocycles. The molecule has 0 spiro atoms. The van der Waals surface area contributed by atoms with Gasteiger partial charge in [0.1, 0.15) is 12.4 Å². The largest absolute Gasteiger partial charge is 0.492 e. The molecule has 1 aliphatic rings. The summed E-state index contributed by atoms with van der Waals surface area (Å²) in [5.41, 5.74) is 0. The summed E-state index contributed by atoms with van der Waals surface area (Å²) < 4.78 is 6.02. The molecule has 26 heavy (non-hydrogen) atoms. The maximum absolute atomic E-state index is 9.10. The van der Waals surface area contributed by atoms with Crippen molar-refractivity contribution in [2.24, 2.45) is 0 Å². The van der Waals surface area contributed by atoms with Gasteiger partial charge in [-0.15, -0.1) is 0 Å². The van der Waals surface area contributed by atoms with Crippen LogP contribution in [0.5, 0.6) is 5.75 Å². The van der Waals surface area contributed by atoms with Crippen molar-refractivity contribution in [2.75, 3.05) is 26.2 Å². The van der Waals surface area contributed by atoms with Gasteiger partial charge in [0.2, 0.25) is 0 Å². The van der Waals surface area contributed by atoms with Crippen LogP contribution in [0.3, 0.4) is 0 Å². The zero-order valence-corrected chi connectivity index (χ0v) is 14.8. The summed E-state index contributed by atoms with van der Waals surface area (Å²) in [4.78, 5) is 20.7. The van der Waals surface area contributed by atoms with Crippen molar-refractivity contribution < 1.29 is 24.5 Å². The van der Waals surface area contributed by atoms with Gasteiger partial charge in [-0.25, -0.2) is 9.59 Å². The van der Waals surface area contributed by atoms with Crippen LogP contribution in [0.25, 0.3) is 10.8 Å². The van der Waals surface area contributed by atoms with E-state index < -0.39 is 11.9 Å². The number of rotatable bonds is 4. The molecule has 6 nitrogen and oxygen atoms in total. The molecule has 0 aromatic heterocycles. The Labute approximate surface area is 153 Å². The third-order valence-electron chi connectivity index (χ3n) is 4.30. The lowest BCUT2D eigenvalue weighted by Gasteiger charge is -2.20. The Hall–Kier alpha value is -2.60. The quantitative estimate of drug-likeness (QED) is 0.815. The fraction of sp³-hybridized carbons (Fsp3) is 0.400. The van der Waals surface area contributed by atoms with Crippen molar-refractivity contribution in [1.29, 1.82) is 0 Å². The normalized spacial score (nSPS) is 14.8. The van der Waals surface area contributed by atoms with Crippen LogP contribution in [0, 0.1) is 0 Å². The minimum atomic E-state index is -1.82. The van der Waals surface area contributed by atoms with Crippen LogP contribution in [-0.2, 0) is 9.59 Å². The van der Waals surface area contributed by atoms with Gasteiger partial charge in [-0.1, -0.05) is 49.2 Å². The van der Waals surface area contributed by atoms with E-state index in [0.29, 0.717) is 0 Å². The average Bonchev–Trinajstić information content (AvgIpc) is 2.91. The maximum atomic E-state index is 9.10. The first kappa shape index (κ1) is 19.7. The molecule has 140 valence electrons. The van der Waals surface area contributed by atoms with E-state index in [9.17, 15) is 0 Å². The molecule has 0 atom stereocenters. The second kappa shape index (κ2) is 10.4. The van der Waals surface area contributed by atoms with Gasteiger partial charge in [0, 0.05) is 11.9 Å². The lowest BCUT2D eigenvalue weighted by atomic mass is 10.1. The zero-order chi connectivity index (χ0) is 18.8. The molecule has 0 aliphatic carbocycles. The molecule has 0 amide bonds. The topological polar surface area (TPSA) is 87.1 Å². The summed E-state index contributed by atoms with van der Waals surface area (Å²) >= 11 is 0. The highest BCUT2D eigenvalue weighted by Crippen LogP contribution is 2.25. The van der Waals surface area contributed by atoms with Crippen LogP contribution < -0.4 is 4.74 Å². The van der Waals surface area contributed by atoms with Gasteiger partial charge in [-0.05, 0) is 37.4 Å². The van der Waals surface area contributed by atoms with Gasteiger partial charge < -0.3 is 14.9 Å². The number of carboxylic acids is 2. The third-order valence-corrected chi connectivity index (χ3v) is 4.30. The van der Waals surface area contributed by atoms with Crippen LogP contribution >= 0.6 is 0 Å². The average molecular weight is 359 g/mol. The fourth-order valence-electron chi connectivity index (χ4n) is 2.97.